The monoisotopic (exact) mass is 430 g/mol. The zero-order valence-corrected chi connectivity index (χ0v) is 16.8. The fourth-order valence-corrected chi connectivity index (χ4v) is 2.91. The summed E-state index contributed by atoms with van der Waals surface area (Å²) in [6, 6.07) is 9.17. The van der Waals surface area contributed by atoms with E-state index < -0.39 is 0 Å². The van der Waals surface area contributed by atoms with Crippen molar-refractivity contribution in [1.82, 2.24) is 10.2 Å². The van der Waals surface area contributed by atoms with Gasteiger partial charge in [-0.3, -0.25) is 9.89 Å². The van der Waals surface area contributed by atoms with E-state index in [1.807, 2.05) is 0 Å². The van der Waals surface area contributed by atoms with Gasteiger partial charge in [0.25, 0.3) is 0 Å². The van der Waals surface area contributed by atoms with E-state index >= 15 is 0 Å². The predicted octanol–water partition coefficient (Wildman–Crippen LogP) is 3.45. The molecule has 0 spiro atoms. The van der Waals surface area contributed by atoms with Gasteiger partial charge < -0.3 is 11.1 Å². The Morgan fingerprint density at radius 1 is 1.26 bits per heavy atom. The van der Waals surface area contributed by atoms with E-state index in [9.17, 15) is 0 Å². The molecule has 1 aromatic carbocycles. The Labute approximate surface area is 157 Å². The van der Waals surface area contributed by atoms with E-state index in [0.29, 0.717) is 12.0 Å². The number of halogens is 1. The third-order valence-corrected chi connectivity index (χ3v) is 4.31. The first-order chi connectivity index (χ1) is 10.7. The molecule has 1 aliphatic rings. The Balaban J connectivity index is 0.00000264. The van der Waals surface area contributed by atoms with Gasteiger partial charge in [-0.05, 0) is 44.8 Å². The molecule has 1 heterocycles. The van der Waals surface area contributed by atoms with E-state index in [1.54, 1.807) is 0 Å². The number of benzene rings is 1. The molecule has 0 radical (unpaired) electrons. The van der Waals surface area contributed by atoms with E-state index in [0.717, 1.165) is 32.6 Å². The van der Waals surface area contributed by atoms with Crippen molar-refractivity contribution in [2.24, 2.45) is 10.7 Å². The van der Waals surface area contributed by atoms with E-state index in [-0.39, 0.29) is 24.0 Å². The number of aliphatic imine (C=N–C) groups is 1. The SMILES string of the molecule is CCCCNC(N)=NCC(c1ccc(C)cc1)N1CCCC1.I. The van der Waals surface area contributed by atoms with Crippen molar-refractivity contribution in [2.75, 3.05) is 26.2 Å². The van der Waals surface area contributed by atoms with Crippen LogP contribution in [0.25, 0.3) is 0 Å². The molecule has 1 aromatic rings. The van der Waals surface area contributed by atoms with Crippen LogP contribution >= 0.6 is 24.0 Å². The van der Waals surface area contributed by atoms with Crippen LogP contribution in [0.5, 0.6) is 0 Å². The zero-order valence-electron chi connectivity index (χ0n) is 14.4. The van der Waals surface area contributed by atoms with Crippen molar-refractivity contribution in [2.45, 2.75) is 45.6 Å². The van der Waals surface area contributed by atoms with Gasteiger partial charge in [0, 0.05) is 6.54 Å². The lowest BCUT2D eigenvalue weighted by atomic mass is 10.0. The van der Waals surface area contributed by atoms with Crippen LogP contribution in [0.3, 0.4) is 0 Å². The number of aryl methyl sites for hydroxylation is 1. The number of rotatable bonds is 7. The Morgan fingerprint density at radius 2 is 1.91 bits per heavy atom. The molecule has 1 saturated heterocycles. The van der Waals surface area contributed by atoms with Crippen molar-refractivity contribution in [3.05, 3.63) is 35.4 Å². The molecule has 5 heteroatoms. The number of unbranched alkanes of at least 4 members (excludes halogenated alkanes) is 1. The van der Waals surface area contributed by atoms with Crippen LogP contribution in [0, 0.1) is 6.92 Å². The van der Waals surface area contributed by atoms with Crippen molar-refractivity contribution in [3.8, 4) is 0 Å². The maximum Gasteiger partial charge on any atom is 0.188 e. The van der Waals surface area contributed by atoms with Gasteiger partial charge in [0.05, 0.1) is 12.6 Å². The van der Waals surface area contributed by atoms with Gasteiger partial charge in [0.15, 0.2) is 5.96 Å². The molecule has 1 fully saturated rings. The molecule has 4 nitrogen and oxygen atoms in total. The minimum atomic E-state index is 0. The highest BCUT2D eigenvalue weighted by molar-refractivity contribution is 14.0. The van der Waals surface area contributed by atoms with Crippen molar-refractivity contribution in [3.63, 3.8) is 0 Å². The third kappa shape index (κ3) is 6.67. The van der Waals surface area contributed by atoms with Gasteiger partial charge >= 0.3 is 0 Å². The molecule has 0 saturated carbocycles. The second-order valence-electron chi connectivity index (χ2n) is 6.18. The fraction of sp³-hybridized carbons (Fsp3) is 0.611. The molecule has 1 unspecified atom stereocenters. The van der Waals surface area contributed by atoms with Gasteiger partial charge in [-0.1, -0.05) is 43.2 Å². The van der Waals surface area contributed by atoms with Crippen molar-refractivity contribution < 1.29 is 0 Å². The van der Waals surface area contributed by atoms with Crippen LogP contribution in [0.15, 0.2) is 29.3 Å². The van der Waals surface area contributed by atoms with Crippen LogP contribution in [-0.4, -0.2) is 37.0 Å². The molecule has 23 heavy (non-hydrogen) atoms. The van der Waals surface area contributed by atoms with E-state index in [2.05, 4.69) is 53.3 Å². The van der Waals surface area contributed by atoms with E-state index in [4.69, 9.17) is 5.73 Å². The first-order valence-corrected chi connectivity index (χ1v) is 8.55. The summed E-state index contributed by atoms with van der Waals surface area (Å²) in [5, 5.41) is 3.20. The standard InChI is InChI=1S/C18H30N4.HI/c1-3-4-11-20-18(19)21-14-17(22-12-5-6-13-22)16-9-7-15(2)8-10-16;/h7-10,17H,3-6,11-14H2,1-2H3,(H3,19,20,21);1H. The summed E-state index contributed by atoms with van der Waals surface area (Å²) in [6.45, 7) is 8.27. The van der Waals surface area contributed by atoms with Crippen molar-refractivity contribution in [1.29, 1.82) is 0 Å². The number of hydrogen-bond donors (Lipinski definition) is 2. The highest BCUT2D eigenvalue weighted by atomic mass is 127. The quantitative estimate of drug-likeness (QED) is 0.302. The summed E-state index contributed by atoms with van der Waals surface area (Å²) in [6.07, 6.45) is 4.87. The molecule has 0 aliphatic carbocycles. The summed E-state index contributed by atoms with van der Waals surface area (Å²) < 4.78 is 0. The zero-order chi connectivity index (χ0) is 15.8. The number of likely N-dealkylation sites (tertiary alicyclic amines) is 1. The number of hydrogen-bond acceptors (Lipinski definition) is 2. The number of nitrogens with one attached hydrogen (secondary N) is 1. The second kappa shape index (κ2) is 10.9. The maximum absolute atomic E-state index is 5.98. The lowest BCUT2D eigenvalue weighted by Crippen LogP contribution is -2.34. The highest BCUT2D eigenvalue weighted by Gasteiger charge is 2.23. The Bertz CT molecular complexity index is 466. The maximum atomic E-state index is 5.98. The average molecular weight is 430 g/mol. The van der Waals surface area contributed by atoms with Crippen LogP contribution in [0.4, 0.5) is 0 Å². The molecule has 1 atom stereocenters. The third-order valence-electron chi connectivity index (χ3n) is 4.31. The lowest BCUT2D eigenvalue weighted by Gasteiger charge is -2.26. The fourth-order valence-electron chi connectivity index (χ4n) is 2.91. The molecule has 130 valence electrons. The summed E-state index contributed by atoms with van der Waals surface area (Å²) >= 11 is 0. The topological polar surface area (TPSA) is 53.6 Å². The normalized spacial score (nSPS) is 16.9. The number of nitrogens with two attached hydrogens (primary N) is 1. The second-order valence-corrected chi connectivity index (χ2v) is 6.18. The average Bonchev–Trinajstić information content (AvgIpc) is 3.04. The molecule has 0 bridgehead atoms. The predicted molar refractivity (Wildman–Crippen MR) is 110 cm³/mol. The summed E-state index contributed by atoms with van der Waals surface area (Å²) in [5.41, 5.74) is 8.63. The minimum absolute atomic E-state index is 0. The molecule has 0 amide bonds. The Morgan fingerprint density at radius 3 is 2.52 bits per heavy atom. The molecule has 3 N–H and O–H groups in total. The van der Waals surface area contributed by atoms with Gasteiger partial charge in [0.1, 0.15) is 0 Å². The lowest BCUT2D eigenvalue weighted by molar-refractivity contribution is 0.251. The van der Waals surface area contributed by atoms with Crippen LogP contribution in [0.1, 0.15) is 49.8 Å². The minimum Gasteiger partial charge on any atom is -0.370 e. The molecular weight excluding hydrogens is 399 g/mol. The number of guanidine groups is 1. The first kappa shape index (κ1) is 20.2. The van der Waals surface area contributed by atoms with Gasteiger partial charge in [-0.2, -0.15) is 0 Å². The van der Waals surface area contributed by atoms with Crippen LogP contribution in [0.2, 0.25) is 0 Å². The molecule has 0 aromatic heterocycles. The van der Waals surface area contributed by atoms with Crippen LogP contribution in [-0.2, 0) is 0 Å². The number of nitrogens with zero attached hydrogens (tertiary/aromatic N) is 2. The molecular formula is C18H31IN4. The molecule has 1 aliphatic heterocycles. The van der Waals surface area contributed by atoms with Crippen LogP contribution < -0.4 is 11.1 Å². The van der Waals surface area contributed by atoms with Gasteiger partial charge in [0.2, 0.25) is 0 Å². The highest BCUT2D eigenvalue weighted by Crippen LogP contribution is 2.25. The first-order valence-electron chi connectivity index (χ1n) is 8.55. The van der Waals surface area contributed by atoms with Gasteiger partial charge in [-0.15, -0.1) is 24.0 Å². The molecule has 2 rings (SSSR count). The van der Waals surface area contributed by atoms with E-state index in [1.165, 1.54) is 30.4 Å². The summed E-state index contributed by atoms with van der Waals surface area (Å²) in [7, 11) is 0. The van der Waals surface area contributed by atoms with Gasteiger partial charge in [-0.25, -0.2) is 0 Å². The Kier molecular flexibility index (Phi) is 9.55. The summed E-state index contributed by atoms with van der Waals surface area (Å²) in [5.74, 6) is 0.574. The Hall–Kier alpha value is -0.820. The smallest absolute Gasteiger partial charge is 0.188 e. The van der Waals surface area contributed by atoms with Crippen molar-refractivity contribution >= 4 is 29.9 Å². The largest absolute Gasteiger partial charge is 0.370 e. The summed E-state index contributed by atoms with van der Waals surface area (Å²) in [4.78, 5) is 7.12.